The summed E-state index contributed by atoms with van der Waals surface area (Å²) in [5.41, 5.74) is 1.30. The van der Waals surface area contributed by atoms with Crippen molar-refractivity contribution in [3.8, 4) is 11.5 Å². The Balaban J connectivity index is 3.22. The van der Waals surface area contributed by atoms with E-state index in [9.17, 15) is 4.79 Å². The zero-order chi connectivity index (χ0) is 12.1. The predicted molar refractivity (Wildman–Crippen MR) is 60.2 cm³/mol. The van der Waals surface area contributed by atoms with Gasteiger partial charge >= 0.3 is 5.97 Å². The summed E-state index contributed by atoms with van der Waals surface area (Å²) in [4.78, 5) is 11.4. The monoisotopic (exact) mass is 224 g/mol. The summed E-state index contributed by atoms with van der Waals surface area (Å²) >= 11 is 0. The summed E-state index contributed by atoms with van der Waals surface area (Å²) in [7, 11) is 2.90. The van der Waals surface area contributed by atoms with Crippen LogP contribution in [0.3, 0.4) is 0 Å². The topological polar surface area (TPSA) is 44.8 Å². The van der Waals surface area contributed by atoms with Crippen molar-refractivity contribution in [3.05, 3.63) is 23.3 Å². The van der Waals surface area contributed by atoms with E-state index in [2.05, 4.69) is 4.74 Å². The summed E-state index contributed by atoms with van der Waals surface area (Å²) in [6.07, 6.45) is 0. The van der Waals surface area contributed by atoms with Gasteiger partial charge in [0.25, 0.3) is 0 Å². The quantitative estimate of drug-likeness (QED) is 0.735. The Bertz CT molecular complexity index is 385. The molecule has 0 saturated heterocycles. The first-order chi connectivity index (χ1) is 7.63. The Morgan fingerprint density at radius 2 is 1.88 bits per heavy atom. The van der Waals surface area contributed by atoms with Crippen LogP contribution in [0.25, 0.3) is 0 Å². The lowest BCUT2D eigenvalue weighted by atomic mass is 10.1. The molecule has 88 valence electrons. The number of hydrogen-bond acceptors (Lipinski definition) is 4. The highest BCUT2D eigenvalue weighted by molar-refractivity contribution is 5.90. The molecule has 0 heterocycles. The fraction of sp³-hybridized carbons (Fsp3) is 0.417. The maximum atomic E-state index is 11.4. The molecule has 0 aliphatic heterocycles. The van der Waals surface area contributed by atoms with E-state index >= 15 is 0 Å². The number of carbonyl (C=O) groups is 1. The number of ether oxygens (including phenoxy) is 3. The average Bonchev–Trinajstić information content (AvgIpc) is 2.31. The van der Waals surface area contributed by atoms with Gasteiger partial charge in [-0.3, -0.25) is 0 Å². The third-order valence-corrected chi connectivity index (χ3v) is 2.25. The molecular weight excluding hydrogens is 208 g/mol. The van der Waals surface area contributed by atoms with Gasteiger partial charge in [0, 0.05) is 5.56 Å². The summed E-state index contributed by atoms with van der Waals surface area (Å²) in [6.45, 7) is 4.30. The molecule has 0 saturated carbocycles. The first kappa shape index (κ1) is 12.4. The molecule has 4 nitrogen and oxygen atoms in total. The third kappa shape index (κ3) is 2.45. The minimum Gasteiger partial charge on any atom is -0.496 e. The van der Waals surface area contributed by atoms with E-state index in [1.54, 1.807) is 19.2 Å². The fourth-order valence-electron chi connectivity index (χ4n) is 1.42. The molecule has 0 bridgehead atoms. The summed E-state index contributed by atoms with van der Waals surface area (Å²) < 4.78 is 15.3. The normalized spacial score (nSPS) is 9.75. The smallest absolute Gasteiger partial charge is 0.338 e. The molecular formula is C12H16O4. The Morgan fingerprint density at radius 3 is 2.38 bits per heavy atom. The lowest BCUT2D eigenvalue weighted by Crippen LogP contribution is -2.04. The van der Waals surface area contributed by atoms with E-state index in [0.29, 0.717) is 23.7 Å². The zero-order valence-electron chi connectivity index (χ0n) is 9.99. The highest BCUT2D eigenvalue weighted by Gasteiger charge is 2.13. The molecule has 0 aromatic heterocycles. The van der Waals surface area contributed by atoms with Gasteiger partial charge in [0.1, 0.15) is 11.5 Å². The highest BCUT2D eigenvalue weighted by atomic mass is 16.5. The van der Waals surface area contributed by atoms with Crippen molar-refractivity contribution in [2.45, 2.75) is 13.8 Å². The van der Waals surface area contributed by atoms with E-state index < -0.39 is 5.97 Å². The molecule has 0 amide bonds. The molecule has 1 aromatic carbocycles. The first-order valence-electron chi connectivity index (χ1n) is 5.03. The molecule has 4 heteroatoms. The average molecular weight is 224 g/mol. The van der Waals surface area contributed by atoms with Gasteiger partial charge in [-0.25, -0.2) is 4.79 Å². The number of benzene rings is 1. The van der Waals surface area contributed by atoms with Crippen LogP contribution in [0.2, 0.25) is 0 Å². The lowest BCUT2D eigenvalue weighted by Gasteiger charge is -2.12. The second kappa shape index (κ2) is 5.39. The summed E-state index contributed by atoms with van der Waals surface area (Å²) in [6, 6.07) is 3.30. The minimum absolute atomic E-state index is 0.403. The molecule has 0 N–H and O–H groups in total. The van der Waals surface area contributed by atoms with E-state index in [1.807, 2.05) is 13.8 Å². The number of rotatable bonds is 4. The Hall–Kier alpha value is -1.71. The molecule has 1 aromatic rings. The van der Waals surface area contributed by atoms with Crippen LogP contribution in [0, 0.1) is 6.92 Å². The molecule has 0 spiro atoms. The zero-order valence-corrected chi connectivity index (χ0v) is 9.99. The molecule has 16 heavy (non-hydrogen) atoms. The fourth-order valence-corrected chi connectivity index (χ4v) is 1.42. The maximum absolute atomic E-state index is 11.4. The van der Waals surface area contributed by atoms with E-state index in [4.69, 9.17) is 9.47 Å². The van der Waals surface area contributed by atoms with Crippen LogP contribution in [0.1, 0.15) is 22.8 Å². The SMILES string of the molecule is CCOc1cc(C(=O)OC)cc(OC)c1C. The third-order valence-electron chi connectivity index (χ3n) is 2.25. The summed E-state index contributed by atoms with van der Waals surface area (Å²) in [5.74, 6) is 0.854. The molecule has 0 aliphatic carbocycles. The van der Waals surface area contributed by atoms with Crippen LogP contribution in [0.5, 0.6) is 11.5 Å². The number of methoxy groups -OCH3 is 2. The second-order valence-electron chi connectivity index (χ2n) is 3.23. The van der Waals surface area contributed by atoms with Gasteiger partial charge in [-0.1, -0.05) is 0 Å². The van der Waals surface area contributed by atoms with Crippen LogP contribution in [0.4, 0.5) is 0 Å². The van der Waals surface area contributed by atoms with Gasteiger partial charge in [0.05, 0.1) is 26.4 Å². The molecule has 0 radical (unpaired) electrons. The van der Waals surface area contributed by atoms with Crippen LogP contribution >= 0.6 is 0 Å². The molecule has 0 fully saturated rings. The van der Waals surface area contributed by atoms with Gasteiger partial charge in [-0.05, 0) is 26.0 Å². The Morgan fingerprint density at radius 1 is 1.25 bits per heavy atom. The molecule has 0 aliphatic rings. The van der Waals surface area contributed by atoms with Gasteiger partial charge in [0.2, 0.25) is 0 Å². The van der Waals surface area contributed by atoms with Crippen molar-refractivity contribution in [3.63, 3.8) is 0 Å². The second-order valence-corrected chi connectivity index (χ2v) is 3.23. The van der Waals surface area contributed by atoms with Crippen molar-refractivity contribution in [2.24, 2.45) is 0 Å². The van der Waals surface area contributed by atoms with Crippen LogP contribution in [-0.4, -0.2) is 26.8 Å². The molecule has 0 atom stereocenters. The van der Waals surface area contributed by atoms with Crippen LogP contribution < -0.4 is 9.47 Å². The van der Waals surface area contributed by atoms with Crippen molar-refractivity contribution >= 4 is 5.97 Å². The van der Waals surface area contributed by atoms with Crippen LogP contribution in [0.15, 0.2) is 12.1 Å². The minimum atomic E-state index is -0.403. The first-order valence-corrected chi connectivity index (χ1v) is 5.03. The van der Waals surface area contributed by atoms with Gasteiger partial charge in [-0.2, -0.15) is 0 Å². The number of esters is 1. The van der Waals surface area contributed by atoms with Crippen molar-refractivity contribution in [1.29, 1.82) is 0 Å². The predicted octanol–water partition coefficient (Wildman–Crippen LogP) is 2.19. The maximum Gasteiger partial charge on any atom is 0.338 e. The lowest BCUT2D eigenvalue weighted by molar-refractivity contribution is 0.0600. The van der Waals surface area contributed by atoms with Gasteiger partial charge in [0.15, 0.2) is 0 Å². The van der Waals surface area contributed by atoms with E-state index in [1.165, 1.54) is 7.11 Å². The van der Waals surface area contributed by atoms with Crippen LogP contribution in [-0.2, 0) is 4.74 Å². The Kier molecular flexibility index (Phi) is 4.17. The largest absolute Gasteiger partial charge is 0.496 e. The Labute approximate surface area is 95.1 Å². The van der Waals surface area contributed by atoms with Gasteiger partial charge in [-0.15, -0.1) is 0 Å². The number of hydrogen-bond donors (Lipinski definition) is 0. The van der Waals surface area contributed by atoms with Crippen molar-refractivity contribution < 1.29 is 19.0 Å². The van der Waals surface area contributed by atoms with Crippen molar-refractivity contribution in [2.75, 3.05) is 20.8 Å². The van der Waals surface area contributed by atoms with E-state index in [0.717, 1.165) is 5.56 Å². The number of carbonyl (C=O) groups excluding carboxylic acids is 1. The molecule has 0 unspecified atom stereocenters. The molecule has 1 rings (SSSR count). The highest BCUT2D eigenvalue weighted by Crippen LogP contribution is 2.29. The summed E-state index contributed by atoms with van der Waals surface area (Å²) in [5, 5.41) is 0. The van der Waals surface area contributed by atoms with E-state index in [-0.39, 0.29) is 0 Å². The van der Waals surface area contributed by atoms with Gasteiger partial charge < -0.3 is 14.2 Å². The van der Waals surface area contributed by atoms with Crippen molar-refractivity contribution in [1.82, 2.24) is 0 Å². The standard InChI is InChI=1S/C12H16O4/c1-5-16-11-7-9(12(13)15-4)6-10(14-3)8(11)2/h6-7H,5H2,1-4H3.